The van der Waals surface area contributed by atoms with Crippen LogP contribution in [0.5, 0.6) is 0 Å². The number of fused-ring (bicyclic) bond motifs is 1. The first-order valence-corrected chi connectivity index (χ1v) is 5.76. The Morgan fingerprint density at radius 3 is 2.68 bits per heavy atom. The lowest BCUT2D eigenvalue weighted by Gasteiger charge is -2.04. The zero-order chi connectivity index (χ0) is 13.6. The van der Waals surface area contributed by atoms with Gasteiger partial charge in [-0.2, -0.15) is 0 Å². The van der Waals surface area contributed by atoms with Crippen LogP contribution in [0.3, 0.4) is 0 Å². The van der Waals surface area contributed by atoms with Crippen molar-refractivity contribution in [2.45, 2.75) is 6.92 Å². The molecule has 0 bridgehead atoms. The molecule has 0 unspecified atom stereocenters. The maximum absolute atomic E-state index is 13.8. The van der Waals surface area contributed by atoms with E-state index in [1.165, 1.54) is 22.9 Å². The summed E-state index contributed by atoms with van der Waals surface area (Å²) in [6.45, 7) is 1.55. The predicted molar refractivity (Wildman–Crippen MR) is 65.9 cm³/mol. The monoisotopic (exact) mass is 280 g/mol. The Balaban J connectivity index is 2.28. The van der Waals surface area contributed by atoms with Crippen LogP contribution in [0.1, 0.15) is 5.56 Å². The van der Waals surface area contributed by atoms with E-state index in [0.717, 1.165) is 6.07 Å². The van der Waals surface area contributed by atoms with Crippen molar-refractivity contribution in [2.75, 3.05) is 0 Å². The summed E-state index contributed by atoms with van der Waals surface area (Å²) in [6.07, 6.45) is 1.39. The largest absolute Gasteiger partial charge is 0.265 e. The molecule has 0 aliphatic rings. The van der Waals surface area contributed by atoms with Gasteiger partial charge in [-0.15, -0.1) is 10.2 Å². The highest BCUT2D eigenvalue weighted by atomic mass is 35.5. The molecular formula is C12H7ClF2N4. The quantitative estimate of drug-likeness (QED) is 0.644. The smallest absolute Gasteiger partial charge is 0.172 e. The standard InChI is InChI=1S/C12H7ClF2N4/c1-6-2-7(9(15)3-8(6)14)12-18-17-11-4-10(13)16-5-19(11)12/h2-5H,1H3. The predicted octanol–water partition coefficient (Wildman–Crippen LogP) is 3.03. The molecule has 3 aromatic rings. The van der Waals surface area contributed by atoms with Crippen LogP contribution in [0, 0.1) is 18.6 Å². The van der Waals surface area contributed by atoms with Gasteiger partial charge in [0.25, 0.3) is 0 Å². The summed E-state index contributed by atoms with van der Waals surface area (Å²) in [6, 6.07) is 3.72. The van der Waals surface area contributed by atoms with Gasteiger partial charge in [0, 0.05) is 12.1 Å². The number of nitrogens with zero attached hydrogens (tertiary/aromatic N) is 4. The lowest BCUT2D eigenvalue weighted by atomic mass is 10.1. The highest BCUT2D eigenvalue weighted by molar-refractivity contribution is 6.29. The van der Waals surface area contributed by atoms with Gasteiger partial charge >= 0.3 is 0 Å². The molecule has 0 spiro atoms. The summed E-state index contributed by atoms with van der Waals surface area (Å²) in [5.74, 6) is -1.05. The third-order valence-corrected chi connectivity index (χ3v) is 2.96. The minimum Gasteiger partial charge on any atom is -0.265 e. The van der Waals surface area contributed by atoms with Gasteiger partial charge in [0.05, 0.1) is 5.56 Å². The van der Waals surface area contributed by atoms with Crippen LogP contribution in [0.15, 0.2) is 24.5 Å². The molecular weight excluding hydrogens is 274 g/mol. The molecule has 0 N–H and O–H groups in total. The van der Waals surface area contributed by atoms with E-state index in [4.69, 9.17) is 11.6 Å². The molecule has 0 radical (unpaired) electrons. The molecule has 2 heterocycles. The highest BCUT2D eigenvalue weighted by Crippen LogP contribution is 2.24. The van der Waals surface area contributed by atoms with Crippen molar-refractivity contribution in [3.8, 4) is 11.4 Å². The van der Waals surface area contributed by atoms with E-state index in [9.17, 15) is 8.78 Å². The van der Waals surface area contributed by atoms with E-state index in [1.807, 2.05) is 0 Å². The van der Waals surface area contributed by atoms with Gasteiger partial charge in [-0.3, -0.25) is 4.40 Å². The second-order valence-electron chi connectivity index (χ2n) is 4.04. The molecule has 0 aliphatic heterocycles. The lowest BCUT2D eigenvalue weighted by molar-refractivity contribution is 0.579. The third kappa shape index (κ3) is 1.94. The zero-order valence-corrected chi connectivity index (χ0v) is 10.5. The molecule has 0 atom stereocenters. The molecule has 0 aliphatic carbocycles. The average molecular weight is 281 g/mol. The first kappa shape index (κ1) is 12.0. The third-order valence-electron chi connectivity index (χ3n) is 2.76. The summed E-state index contributed by atoms with van der Waals surface area (Å²) in [5.41, 5.74) is 0.932. The number of halogens is 3. The van der Waals surface area contributed by atoms with Crippen molar-refractivity contribution in [2.24, 2.45) is 0 Å². The summed E-state index contributed by atoms with van der Waals surface area (Å²) < 4.78 is 28.6. The molecule has 2 aromatic heterocycles. The molecule has 0 saturated heterocycles. The Morgan fingerprint density at radius 2 is 1.89 bits per heavy atom. The summed E-state index contributed by atoms with van der Waals surface area (Å²) in [5, 5.41) is 8.03. The Bertz CT molecular complexity index is 785. The number of rotatable bonds is 1. The van der Waals surface area contributed by atoms with Crippen molar-refractivity contribution >= 4 is 17.2 Å². The second-order valence-corrected chi connectivity index (χ2v) is 4.43. The molecule has 0 fully saturated rings. The molecule has 96 valence electrons. The van der Waals surface area contributed by atoms with Gasteiger partial charge in [0.15, 0.2) is 11.5 Å². The number of aromatic nitrogens is 4. The van der Waals surface area contributed by atoms with E-state index in [2.05, 4.69) is 15.2 Å². The maximum atomic E-state index is 13.8. The fourth-order valence-electron chi connectivity index (χ4n) is 1.78. The Hall–Kier alpha value is -2.08. The van der Waals surface area contributed by atoms with Gasteiger partial charge in [-0.25, -0.2) is 13.8 Å². The molecule has 1 aromatic carbocycles. The van der Waals surface area contributed by atoms with Gasteiger partial charge < -0.3 is 0 Å². The van der Waals surface area contributed by atoms with Gasteiger partial charge in [0.2, 0.25) is 0 Å². The van der Waals surface area contributed by atoms with Crippen LogP contribution >= 0.6 is 11.6 Å². The molecule has 0 amide bonds. The summed E-state index contributed by atoms with van der Waals surface area (Å²) in [7, 11) is 0. The Kier molecular flexibility index (Phi) is 2.67. The summed E-state index contributed by atoms with van der Waals surface area (Å²) >= 11 is 5.74. The van der Waals surface area contributed by atoms with E-state index in [0.29, 0.717) is 11.2 Å². The van der Waals surface area contributed by atoms with Crippen molar-refractivity contribution in [3.05, 3.63) is 46.9 Å². The fourth-order valence-corrected chi connectivity index (χ4v) is 1.93. The summed E-state index contributed by atoms with van der Waals surface area (Å²) in [4.78, 5) is 3.89. The van der Waals surface area contributed by atoms with Crippen molar-refractivity contribution in [1.82, 2.24) is 19.6 Å². The van der Waals surface area contributed by atoms with Gasteiger partial charge in [-0.05, 0) is 18.6 Å². The molecule has 3 rings (SSSR count). The van der Waals surface area contributed by atoms with Crippen LogP contribution in [0.4, 0.5) is 8.78 Å². The first-order valence-electron chi connectivity index (χ1n) is 5.38. The topological polar surface area (TPSA) is 43.1 Å². The van der Waals surface area contributed by atoms with Crippen LogP contribution in [-0.4, -0.2) is 19.6 Å². The SMILES string of the molecule is Cc1cc(-c2nnc3cc(Cl)ncn23)c(F)cc1F. The van der Waals surface area contributed by atoms with Crippen LogP contribution in [-0.2, 0) is 0 Å². The van der Waals surface area contributed by atoms with Crippen molar-refractivity contribution in [1.29, 1.82) is 0 Å². The Morgan fingerprint density at radius 1 is 1.11 bits per heavy atom. The first-order chi connectivity index (χ1) is 9.06. The lowest BCUT2D eigenvalue weighted by Crippen LogP contribution is -1.96. The number of hydrogen-bond donors (Lipinski definition) is 0. The van der Waals surface area contributed by atoms with Crippen molar-refractivity contribution in [3.63, 3.8) is 0 Å². The van der Waals surface area contributed by atoms with E-state index in [-0.39, 0.29) is 16.5 Å². The molecule has 7 heteroatoms. The van der Waals surface area contributed by atoms with Crippen LogP contribution in [0.2, 0.25) is 5.15 Å². The average Bonchev–Trinajstić information content (AvgIpc) is 2.76. The maximum Gasteiger partial charge on any atom is 0.172 e. The van der Waals surface area contributed by atoms with Gasteiger partial charge in [-0.1, -0.05) is 11.6 Å². The second kappa shape index (κ2) is 4.24. The van der Waals surface area contributed by atoms with E-state index >= 15 is 0 Å². The highest BCUT2D eigenvalue weighted by Gasteiger charge is 2.15. The normalized spacial score (nSPS) is 11.2. The van der Waals surface area contributed by atoms with Crippen molar-refractivity contribution < 1.29 is 8.78 Å². The van der Waals surface area contributed by atoms with E-state index in [1.54, 1.807) is 6.92 Å². The van der Waals surface area contributed by atoms with Crippen LogP contribution < -0.4 is 0 Å². The minimum absolute atomic E-state index is 0.163. The van der Waals surface area contributed by atoms with Gasteiger partial charge in [0.1, 0.15) is 23.1 Å². The number of hydrogen-bond acceptors (Lipinski definition) is 3. The fraction of sp³-hybridized carbons (Fsp3) is 0.0833. The molecule has 0 saturated carbocycles. The minimum atomic E-state index is -0.702. The number of benzene rings is 1. The number of aryl methyl sites for hydroxylation is 1. The van der Waals surface area contributed by atoms with Crippen LogP contribution in [0.25, 0.3) is 17.0 Å². The zero-order valence-electron chi connectivity index (χ0n) is 9.73. The molecule has 4 nitrogen and oxygen atoms in total. The van der Waals surface area contributed by atoms with E-state index < -0.39 is 11.6 Å². The Labute approximate surface area is 111 Å². The molecule has 19 heavy (non-hydrogen) atoms.